The second kappa shape index (κ2) is 7.78. The van der Waals surface area contributed by atoms with Gasteiger partial charge in [-0.3, -0.25) is 4.79 Å². The quantitative estimate of drug-likeness (QED) is 0.524. The van der Waals surface area contributed by atoms with E-state index in [1.165, 1.54) is 22.9 Å². The molecule has 9 heteroatoms. The molecule has 0 atom stereocenters. The molecule has 1 amide bonds. The van der Waals surface area contributed by atoms with Crippen LogP contribution < -0.4 is 11.1 Å². The molecule has 0 aliphatic carbocycles. The van der Waals surface area contributed by atoms with Gasteiger partial charge < -0.3 is 15.5 Å². The van der Waals surface area contributed by atoms with E-state index in [0.717, 1.165) is 11.1 Å². The van der Waals surface area contributed by atoms with Crippen LogP contribution in [0.3, 0.4) is 0 Å². The van der Waals surface area contributed by atoms with Crippen molar-refractivity contribution in [3.8, 4) is 11.5 Å². The summed E-state index contributed by atoms with van der Waals surface area (Å²) in [5, 5.41) is 10.2. The Balaban J connectivity index is 1.55. The highest BCUT2D eigenvalue weighted by Crippen LogP contribution is 2.24. The maximum absolute atomic E-state index is 13.8. The van der Waals surface area contributed by atoms with Gasteiger partial charge in [0.25, 0.3) is 5.91 Å². The molecule has 2 heterocycles. The highest BCUT2D eigenvalue weighted by Gasteiger charge is 2.20. The molecule has 0 spiro atoms. The van der Waals surface area contributed by atoms with Crippen LogP contribution in [0.2, 0.25) is 0 Å². The van der Waals surface area contributed by atoms with Crippen molar-refractivity contribution in [1.29, 1.82) is 0 Å². The van der Waals surface area contributed by atoms with E-state index in [-0.39, 0.29) is 23.7 Å². The first-order valence-electron chi connectivity index (χ1n) is 9.20. The number of anilines is 2. The van der Waals surface area contributed by atoms with Gasteiger partial charge in [-0.05, 0) is 38.1 Å². The zero-order valence-electron chi connectivity index (χ0n) is 16.4. The Kier molecular flexibility index (Phi) is 5.01. The molecule has 152 valence electrons. The first kappa shape index (κ1) is 19.3. The average molecular weight is 406 g/mol. The summed E-state index contributed by atoms with van der Waals surface area (Å²) >= 11 is 0. The number of aryl methyl sites for hydroxylation is 2. The minimum Gasteiger partial charge on any atom is -0.441 e. The zero-order chi connectivity index (χ0) is 21.3. The van der Waals surface area contributed by atoms with E-state index >= 15 is 0 Å². The van der Waals surface area contributed by atoms with Crippen molar-refractivity contribution in [2.75, 3.05) is 11.1 Å². The van der Waals surface area contributed by atoms with E-state index in [1.54, 1.807) is 13.0 Å². The topological polar surface area (TPSA) is 112 Å². The number of nitrogen functional groups attached to an aromatic ring is 1. The van der Waals surface area contributed by atoms with Crippen molar-refractivity contribution in [2.24, 2.45) is 0 Å². The molecule has 30 heavy (non-hydrogen) atoms. The van der Waals surface area contributed by atoms with Crippen LogP contribution in [0.4, 0.5) is 15.9 Å². The number of aromatic nitrogens is 4. The summed E-state index contributed by atoms with van der Waals surface area (Å²) in [4.78, 5) is 17.0. The number of halogens is 1. The van der Waals surface area contributed by atoms with Crippen molar-refractivity contribution in [3.63, 3.8) is 0 Å². The molecule has 4 rings (SSSR count). The summed E-state index contributed by atoms with van der Waals surface area (Å²) < 4.78 is 20.9. The second-order valence-electron chi connectivity index (χ2n) is 6.81. The number of para-hydroxylation sites is 1. The lowest BCUT2D eigenvalue weighted by Crippen LogP contribution is -2.16. The van der Waals surface area contributed by atoms with Gasteiger partial charge in [-0.25, -0.2) is 14.1 Å². The lowest BCUT2D eigenvalue weighted by molar-refractivity contribution is 0.102. The normalized spacial score (nSPS) is 10.9. The Morgan fingerprint density at radius 1 is 1.20 bits per heavy atom. The predicted octanol–water partition coefficient (Wildman–Crippen LogP) is 3.57. The van der Waals surface area contributed by atoms with Crippen LogP contribution in [0.25, 0.3) is 11.5 Å². The van der Waals surface area contributed by atoms with Gasteiger partial charge in [0.2, 0.25) is 5.89 Å². The van der Waals surface area contributed by atoms with Crippen LogP contribution in [0.5, 0.6) is 0 Å². The third-order valence-electron chi connectivity index (χ3n) is 4.57. The molecule has 3 N–H and O–H groups in total. The number of nitrogens with zero attached hydrogens (tertiary/aromatic N) is 4. The summed E-state index contributed by atoms with van der Waals surface area (Å²) in [5.74, 6) is -0.0654. The van der Waals surface area contributed by atoms with Crippen molar-refractivity contribution in [3.05, 3.63) is 77.1 Å². The number of amides is 1. The van der Waals surface area contributed by atoms with Crippen molar-refractivity contribution < 1.29 is 13.6 Å². The predicted molar refractivity (Wildman–Crippen MR) is 109 cm³/mol. The minimum absolute atomic E-state index is 0.0339. The summed E-state index contributed by atoms with van der Waals surface area (Å²) in [5.41, 5.74) is 8.56. The summed E-state index contributed by atoms with van der Waals surface area (Å²) in [6.07, 6.45) is 0. The fourth-order valence-electron chi connectivity index (χ4n) is 2.96. The van der Waals surface area contributed by atoms with Gasteiger partial charge in [-0.1, -0.05) is 35.0 Å². The maximum Gasteiger partial charge on any atom is 0.280 e. The number of carbonyl (C=O) groups excluding carboxylic acids is 1. The highest BCUT2D eigenvalue weighted by molar-refractivity contribution is 6.05. The maximum atomic E-state index is 13.8. The lowest BCUT2D eigenvalue weighted by Gasteiger charge is -2.05. The number of nitrogens with two attached hydrogens (primary N) is 1. The SMILES string of the molecule is Cc1cccc(-c2nc(Cn3nnc(C(=O)Nc4ccccc4F)c3N)c(C)o2)c1. The first-order valence-corrected chi connectivity index (χ1v) is 9.20. The van der Waals surface area contributed by atoms with Crippen molar-refractivity contribution in [2.45, 2.75) is 20.4 Å². The van der Waals surface area contributed by atoms with E-state index in [4.69, 9.17) is 10.2 Å². The Morgan fingerprint density at radius 2 is 2.00 bits per heavy atom. The van der Waals surface area contributed by atoms with Gasteiger partial charge in [-0.15, -0.1) is 5.10 Å². The summed E-state index contributed by atoms with van der Waals surface area (Å²) in [7, 11) is 0. The van der Waals surface area contributed by atoms with Crippen LogP contribution >= 0.6 is 0 Å². The molecule has 0 bridgehead atoms. The number of hydrogen-bond donors (Lipinski definition) is 2. The largest absolute Gasteiger partial charge is 0.441 e. The van der Waals surface area contributed by atoms with E-state index < -0.39 is 11.7 Å². The molecule has 2 aromatic heterocycles. The molecule has 4 aromatic rings. The number of rotatable bonds is 5. The molecule has 0 saturated heterocycles. The average Bonchev–Trinajstić information content (AvgIpc) is 3.27. The van der Waals surface area contributed by atoms with Crippen LogP contribution in [-0.4, -0.2) is 25.9 Å². The van der Waals surface area contributed by atoms with Crippen molar-refractivity contribution in [1.82, 2.24) is 20.0 Å². The first-order chi connectivity index (χ1) is 14.4. The lowest BCUT2D eigenvalue weighted by atomic mass is 10.1. The molecule has 0 aliphatic rings. The van der Waals surface area contributed by atoms with Crippen LogP contribution in [-0.2, 0) is 6.54 Å². The fourth-order valence-corrected chi connectivity index (χ4v) is 2.96. The van der Waals surface area contributed by atoms with Crippen LogP contribution in [0, 0.1) is 19.7 Å². The third-order valence-corrected chi connectivity index (χ3v) is 4.57. The van der Waals surface area contributed by atoms with Gasteiger partial charge in [0.15, 0.2) is 11.5 Å². The van der Waals surface area contributed by atoms with E-state index in [0.29, 0.717) is 17.3 Å². The molecular formula is C21H19FN6O2. The number of hydrogen-bond acceptors (Lipinski definition) is 6. The molecule has 2 aromatic carbocycles. The molecule has 0 aliphatic heterocycles. The molecule has 0 radical (unpaired) electrons. The Bertz CT molecular complexity index is 1230. The van der Waals surface area contributed by atoms with Gasteiger partial charge in [0, 0.05) is 5.56 Å². The van der Waals surface area contributed by atoms with Gasteiger partial charge in [0.1, 0.15) is 17.3 Å². The van der Waals surface area contributed by atoms with Gasteiger partial charge >= 0.3 is 0 Å². The van der Waals surface area contributed by atoms with Crippen molar-refractivity contribution >= 4 is 17.4 Å². The Morgan fingerprint density at radius 3 is 2.77 bits per heavy atom. The Hall–Kier alpha value is -4.01. The zero-order valence-corrected chi connectivity index (χ0v) is 16.4. The Labute approximate surface area is 171 Å². The standard InChI is InChI=1S/C21H19FN6O2/c1-12-6-5-7-14(10-12)21-25-17(13(2)30-21)11-28-19(23)18(26-27-28)20(29)24-16-9-4-3-8-15(16)22/h3-10H,11,23H2,1-2H3,(H,24,29). The van der Waals surface area contributed by atoms with Crippen LogP contribution in [0.1, 0.15) is 27.5 Å². The number of oxazole rings is 1. The van der Waals surface area contributed by atoms with E-state index in [9.17, 15) is 9.18 Å². The summed E-state index contributed by atoms with van der Waals surface area (Å²) in [6, 6.07) is 13.6. The second-order valence-corrected chi connectivity index (χ2v) is 6.81. The summed E-state index contributed by atoms with van der Waals surface area (Å²) in [6.45, 7) is 3.96. The molecule has 0 fully saturated rings. The highest BCUT2D eigenvalue weighted by atomic mass is 19.1. The van der Waals surface area contributed by atoms with E-state index in [2.05, 4.69) is 20.6 Å². The smallest absolute Gasteiger partial charge is 0.280 e. The fraction of sp³-hybridized carbons (Fsp3) is 0.143. The molecule has 0 saturated carbocycles. The number of carbonyl (C=O) groups is 1. The van der Waals surface area contributed by atoms with Crippen LogP contribution in [0.15, 0.2) is 52.9 Å². The molecule has 8 nitrogen and oxygen atoms in total. The molecular weight excluding hydrogens is 387 g/mol. The van der Waals surface area contributed by atoms with Gasteiger partial charge in [0.05, 0.1) is 12.2 Å². The minimum atomic E-state index is -0.652. The number of nitrogens with one attached hydrogen (secondary N) is 1. The van der Waals surface area contributed by atoms with E-state index in [1.807, 2.05) is 31.2 Å². The van der Waals surface area contributed by atoms with Gasteiger partial charge in [-0.2, -0.15) is 0 Å². The number of benzene rings is 2. The molecule has 0 unspecified atom stereocenters. The third kappa shape index (κ3) is 3.77. The monoisotopic (exact) mass is 406 g/mol.